The van der Waals surface area contributed by atoms with Crippen LogP contribution >= 0.6 is 11.8 Å². The number of amides is 2. The lowest BCUT2D eigenvalue weighted by molar-refractivity contribution is -0.115. The predicted molar refractivity (Wildman–Crippen MR) is 140 cm³/mol. The first kappa shape index (κ1) is 26.9. The number of hydrogen-bond donors (Lipinski definition) is 5. The Morgan fingerprint density at radius 1 is 1.22 bits per heavy atom. The first-order valence-corrected chi connectivity index (χ1v) is 14.2. The molecule has 5 N–H and O–H groups in total. The van der Waals surface area contributed by atoms with E-state index < -0.39 is 33.1 Å². The first-order valence-electron chi connectivity index (χ1n) is 11.5. The summed E-state index contributed by atoms with van der Waals surface area (Å²) in [5, 5.41) is 25.4. The van der Waals surface area contributed by atoms with E-state index in [1.54, 1.807) is 12.1 Å². The van der Waals surface area contributed by atoms with Crippen LogP contribution in [0.2, 0.25) is 0 Å². The van der Waals surface area contributed by atoms with Crippen molar-refractivity contribution in [3.63, 3.8) is 0 Å². The molecule has 13 heteroatoms. The van der Waals surface area contributed by atoms with Crippen LogP contribution in [0.5, 0.6) is 5.75 Å². The molecule has 0 spiro atoms. The maximum Gasteiger partial charge on any atom is 0.290 e. The largest absolute Gasteiger partial charge is 0.506 e. The number of piperidine rings is 1. The lowest BCUT2D eigenvalue weighted by Gasteiger charge is -2.34. The molecule has 2 aromatic carbocycles. The molecule has 1 atom stereocenters. The number of sulfonamides is 1. The van der Waals surface area contributed by atoms with E-state index in [1.807, 2.05) is 4.90 Å². The molecule has 2 fully saturated rings. The van der Waals surface area contributed by atoms with E-state index in [0.29, 0.717) is 42.7 Å². The normalized spacial score (nSPS) is 18.8. The van der Waals surface area contributed by atoms with Gasteiger partial charge in [0.15, 0.2) is 0 Å². The minimum atomic E-state index is -3.59. The molecule has 37 heavy (non-hydrogen) atoms. The van der Waals surface area contributed by atoms with Gasteiger partial charge in [-0.3, -0.25) is 19.6 Å². The molecule has 198 valence electrons. The second kappa shape index (κ2) is 11.1. The molecular weight excluding hydrogens is 523 g/mol. The van der Waals surface area contributed by atoms with E-state index in [0.717, 1.165) is 18.0 Å². The summed E-state index contributed by atoms with van der Waals surface area (Å²) in [6, 6.07) is 9.03. The smallest absolute Gasteiger partial charge is 0.290 e. The Kier molecular flexibility index (Phi) is 8.07. The Morgan fingerprint density at radius 3 is 2.57 bits per heavy atom. The zero-order chi connectivity index (χ0) is 26.7. The summed E-state index contributed by atoms with van der Waals surface area (Å²) in [7, 11) is -3.59. The van der Waals surface area contributed by atoms with Gasteiger partial charge in [-0.1, -0.05) is 12.1 Å². The van der Waals surface area contributed by atoms with Crippen molar-refractivity contribution in [3.8, 4) is 5.75 Å². The number of aromatic hydroxyl groups is 1. The molecule has 0 aliphatic carbocycles. The van der Waals surface area contributed by atoms with E-state index in [1.165, 1.54) is 30.3 Å². The van der Waals surface area contributed by atoms with Crippen molar-refractivity contribution in [2.75, 3.05) is 35.5 Å². The topological polar surface area (TPSA) is 148 Å². The van der Waals surface area contributed by atoms with E-state index in [9.17, 15) is 32.6 Å². The van der Waals surface area contributed by atoms with Crippen molar-refractivity contribution in [2.24, 2.45) is 0 Å². The molecule has 0 bridgehead atoms. The van der Waals surface area contributed by atoms with E-state index in [4.69, 9.17) is 0 Å². The van der Waals surface area contributed by atoms with Gasteiger partial charge in [0.2, 0.25) is 10.0 Å². The summed E-state index contributed by atoms with van der Waals surface area (Å²) in [5.41, 5.74) is 1.39. The van der Waals surface area contributed by atoms with Crippen LogP contribution in [0, 0.1) is 5.82 Å². The Hall–Kier alpha value is -3.13. The minimum Gasteiger partial charge on any atom is -0.506 e. The van der Waals surface area contributed by atoms with Crippen LogP contribution < -0.4 is 20.3 Å². The second-order valence-corrected chi connectivity index (χ2v) is 11.7. The average Bonchev–Trinajstić information content (AvgIpc) is 3.15. The Balaban J connectivity index is 1.30. The highest BCUT2D eigenvalue weighted by Gasteiger charge is 2.26. The third kappa shape index (κ3) is 7.01. The van der Waals surface area contributed by atoms with Gasteiger partial charge in [0.1, 0.15) is 11.6 Å². The molecule has 2 aromatic rings. The van der Waals surface area contributed by atoms with Gasteiger partial charge >= 0.3 is 0 Å². The molecule has 0 saturated carbocycles. The minimum absolute atomic E-state index is 0.00431. The number of aliphatic hydroxyl groups excluding tert-OH is 1. The number of nitrogens with zero attached hydrogens (tertiary/aromatic N) is 1. The van der Waals surface area contributed by atoms with Gasteiger partial charge in [-0.2, -0.15) is 0 Å². The third-order valence-electron chi connectivity index (χ3n) is 6.05. The van der Waals surface area contributed by atoms with E-state index in [2.05, 4.69) is 15.4 Å². The fraction of sp³-hybridized carbons (Fsp3) is 0.333. The number of benzene rings is 2. The molecule has 1 unspecified atom stereocenters. The van der Waals surface area contributed by atoms with Crippen LogP contribution in [0.4, 0.5) is 20.6 Å². The van der Waals surface area contributed by atoms with Crippen molar-refractivity contribution >= 4 is 50.4 Å². The van der Waals surface area contributed by atoms with E-state index in [-0.39, 0.29) is 28.9 Å². The van der Waals surface area contributed by atoms with Crippen molar-refractivity contribution in [3.05, 3.63) is 58.2 Å². The second-order valence-electron chi connectivity index (χ2n) is 8.90. The lowest BCUT2D eigenvalue weighted by Crippen LogP contribution is -2.44. The van der Waals surface area contributed by atoms with Crippen LogP contribution in [0.15, 0.2) is 41.3 Å². The molecule has 2 amide bonds. The van der Waals surface area contributed by atoms with Gasteiger partial charge < -0.3 is 20.4 Å². The zero-order valence-electron chi connectivity index (χ0n) is 19.9. The van der Waals surface area contributed by atoms with Gasteiger partial charge in [0, 0.05) is 25.7 Å². The number of thioether (sulfide) groups is 1. The Morgan fingerprint density at radius 2 is 1.95 bits per heavy atom. The number of phenolic OH excluding ortho intramolecular Hbond substituents is 1. The summed E-state index contributed by atoms with van der Waals surface area (Å²) in [6.07, 6.45) is 2.96. The zero-order valence-corrected chi connectivity index (χ0v) is 21.5. The van der Waals surface area contributed by atoms with Crippen LogP contribution in [0.3, 0.4) is 0 Å². The number of carbonyl (C=O) groups is 2. The lowest BCUT2D eigenvalue weighted by atomic mass is 10.0. The van der Waals surface area contributed by atoms with Crippen LogP contribution in [0.1, 0.15) is 30.1 Å². The maximum absolute atomic E-state index is 14.8. The monoisotopic (exact) mass is 550 g/mol. The number of phenols is 1. The molecule has 10 nitrogen and oxygen atoms in total. The standard InChI is InChI=1S/C24H27FN4O6S2/c1-37(34,35)28-18-12-15(3-5-20(18)30)21(31)13-26-16-6-8-29(9-7-16)19-4-2-14(10-17(19)25)11-22-23(32)27-24(33)36-22/h2-5,10-12,16,21,26,28,30-31H,6-9,13H2,1H3,(H,27,32,33)/b22-11+. The molecule has 2 aliphatic rings. The average molecular weight is 551 g/mol. The number of carbonyl (C=O) groups excluding carboxylic acids is 2. The highest BCUT2D eigenvalue weighted by atomic mass is 32.2. The molecule has 2 saturated heterocycles. The number of hydrogen-bond acceptors (Lipinski definition) is 9. The summed E-state index contributed by atoms with van der Waals surface area (Å²) in [6.45, 7) is 1.42. The SMILES string of the molecule is CS(=O)(=O)Nc1cc(C(O)CNC2CCN(c3ccc(/C=C4/SC(=O)NC4=O)cc3F)CC2)ccc1O. The molecular formula is C24H27FN4O6S2. The fourth-order valence-electron chi connectivity index (χ4n) is 4.20. The van der Waals surface area contributed by atoms with Crippen molar-refractivity contribution in [2.45, 2.75) is 25.0 Å². The van der Waals surface area contributed by atoms with Gasteiger partial charge in [0.25, 0.3) is 11.1 Å². The number of aliphatic hydroxyl groups is 1. The number of halogens is 1. The molecule has 2 heterocycles. The summed E-state index contributed by atoms with van der Waals surface area (Å²) in [5.74, 6) is -1.15. The fourth-order valence-corrected chi connectivity index (χ4v) is 5.45. The Labute approximate surface area is 218 Å². The third-order valence-corrected chi connectivity index (χ3v) is 7.45. The Bertz CT molecular complexity index is 1340. The van der Waals surface area contributed by atoms with Crippen molar-refractivity contribution < 1.29 is 32.6 Å². The summed E-state index contributed by atoms with van der Waals surface area (Å²) < 4.78 is 40.0. The van der Waals surface area contributed by atoms with Crippen molar-refractivity contribution in [1.82, 2.24) is 10.6 Å². The number of nitrogens with one attached hydrogen (secondary N) is 3. The number of imide groups is 1. The van der Waals surface area contributed by atoms with E-state index >= 15 is 0 Å². The maximum atomic E-state index is 14.8. The summed E-state index contributed by atoms with van der Waals surface area (Å²) >= 11 is 0.781. The quantitative estimate of drug-likeness (QED) is 0.247. The molecule has 4 rings (SSSR count). The van der Waals surface area contributed by atoms with Crippen LogP contribution in [0.25, 0.3) is 6.08 Å². The molecule has 0 radical (unpaired) electrons. The number of anilines is 2. The number of rotatable bonds is 8. The first-order chi connectivity index (χ1) is 17.5. The van der Waals surface area contributed by atoms with Crippen LogP contribution in [-0.4, -0.2) is 61.7 Å². The highest BCUT2D eigenvalue weighted by Crippen LogP contribution is 2.30. The molecule has 2 aliphatic heterocycles. The van der Waals surface area contributed by atoms with Gasteiger partial charge in [-0.15, -0.1) is 0 Å². The van der Waals surface area contributed by atoms with Crippen molar-refractivity contribution in [1.29, 1.82) is 0 Å². The highest BCUT2D eigenvalue weighted by molar-refractivity contribution is 8.18. The van der Waals surface area contributed by atoms with Gasteiger partial charge in [0.05, 0.1) is 28.6 Å². The predicted octanol–water partition coefficient (Wildman–Crippen LogP) is 2.52. The summed E-state index contributed by atoms with van der Waals surface area (Å²) in [4.78, 5) is 25.1. The van der Waals surface area contributed by atoms with Crippen LogP contribution in [-0.2, 0) is 14.8 Å². The van der Waals surface area contributed by atoms with Gasteiger partial charge in [-0.25, -0.2) is 12.8 Å². The van der Waals surface area contributed by atoms with Gasteiger partial charge in [-0.05, 0) is 66.1 Å². The molecule has 0 aromatic heterocycles.